The molecule has 2 rings (SSSR count). The van der Waals surface area contributed by atoms with Gasteiger partial charge in [0.25, 0.3) is 0 Å². The van der Waals surface area contributed by atoms with Crippen LogP contribution in [0.2, 0.25) is 0 Å². The van der Waals surface area contributed by atoms with Crippen LogP contribution in [0.4, 0.5) is 0 Å². The third kappa shape index (κ3) is 1.95. The van der Waals surface area contributed by atoms with E-state index in [9.17, 15) is 0 Å². The summed E-state index contributed by atoms with van der Waals surface area (Å²) in [7, 11) is 0. The Morgan fingerprint density at radius 1 is 1.43 bits per heavy atom. The van der Waals surface area contributed by atoms with Crippen LogP contribution in [0.3, 0.4) is 0 Å². The van der Waals surface area contributed by atoms with Crippen LogP contribution in [-0.4, -0.2) is 20.8 Å². The molecule has 0 aromatic carbocycles. The molecule has 0 atom stereocenters. The molecule has 0 unspecified atom stereocenters. The van der Waals surface area contributed by atoms with Gasteiger partial charge >= 0.3 is 0 Å². The van der Waals surface area contributed by atoms with Gasteiger partial charge in [0, 0.05) is 12.1 Å². The first kappa shape index (κ1) is 9.65. The first-order chi connectivity index (χ1) is 6.68. The fraction of sp³-hybridized carbons (Fsp3) is 0.800. The van der Waals surface area contributed by atoms with E-state index in [0.29, 0.717) is 12.1 Å². The number of hydrogen-bond acceptors (Lipinski definition) is 3. The summed E-state index contributed by atoms with van der Waals surface area (Å²) in [4.78, 5) is 0. The molecule has 1 N–H and O–H groups in total. The van der Waals surface area contributed by atoms with Crippen LogP contribution < -0.4 is 5.32 Å². The lowest BCUT2D eigenvalue weighted by atomic mass is 10.4. The normalized spacial score (nSPS) is 16.6. The lowest BCUT2D eigenvalue weighted by Gasteiger charge is -2.09. The van der Waals surface area contributed by atoms with Crippen LogP contribution in [0.25, 0.3) is 0 Å². The number of nitrogens with one attached hydrogen (secondary N) is 1. The molecule has 4 nitrogen and oxygen atoms in total. The molecule has 4 heteroatoms. The van der Waals surface area contributed by atoms with Gasteiger partial charge in [-0.2, -0.15) is 0 Å². The van der Waals surface area contributed by atoms with Crippen molar-refractivity contribution in [3.05, 3.63) is 11.6 Å². The molecule has 0 bridgehead atoms. The zero-order valence-corrected chi connectivity index (χ0v) is 9.12. The average Bonchev–Trinajstić information content (AvgIpc) is 2.88. The van der Waals surface area contributed by atoms with E-state index >= 15 is 0 Å². The van der Waals surface area contributed by atoms with Crippen molar-refractivity contribution in [3.8, 4) is 0 Å². The van der Waals surface area contributed by atoms with Crippen molar-refractivity contribution >= 4 is 0 Å². The Hall–Kier alpha value is -0.900. The minimum Gasteiger partial charge on any atom is -0.311 e. The number of aryl methyl sites for hydroxylation is 1. The summed E-state index contributed by atoms with van der Waals surface area (Å²) in [5.74, 6) is 2.13. The molecule has 1 fully saturated rings. The van der Waals surface area contributed by atoms with Gasteiger partial charge in [0.05, 0.1) is 6.54 Å². The topological polar surface area (TPSA) is 42.7 Å². The first-order valence-corrected chi connectivity index (χ1v) is 5.32. The zero-order chi connectivity index (χ0) is 10.1. The molecular weight excluding hydrogens is 176 g/mol. The maximum atomic E-state index is 4.20. The van der Waals surface area contributed by atoms with Crippen LogP contribution in [0.1, 0.15) is 44.4 Å². The number of aromatic nitrogens is 3. The standard InChI is InChI=1S/C10H18N4/c1-7(2)11-6-10-13-12-8(3)14(10)9-4-5-9/h7,9,11H,4-6H2,1-3H3. The SMILES string of the molecule is Cc1nnc(CNC(C)C)n1C1CC1. The molecule has 1 aliphatic carbocycles. The summed E-state index contributed by atoms with van der Waals surface area (Å²) in [6.07, 6.45) is 2.57. The zero-order valence-electron chi connectivity index (χ0n) is 9.12. The minimum atomic E-state index is 0.500. The highest BCUT2D eigenvalue weighted by molar-refractivity contribution is 5.01. The van der Waals surface area contributed by atoms with Crippen molar-refractivity contribution in [1.82, 2.24) is 20.1 Å². The largest absolute Gasteiger partial charge is 0.311 e. The molecule has 0 radical (unpaired) electrons. The van der Waals surface area contributed by atoms with Crippen LogP contribution in [0.15, 0.2) is 0 Å². The highest BCUT2D eigenvalue weighted by Crippen LogP contribution is 2.36. The summed E-state index contributed by atoms with van der Waals surface area (Å²) in [6.45, 7) is 7.15. The molecule has 0 saturated heterocycles. The predicted octanol–water partition coefficient (Wildman–Crippen LogP) is 1.42. The highest BCUT2D eigenvalue weighted by atomic mass is 15.3. The van der Waals surface area contributed by atoms with Crippen molar-refractivity contribution in [2.45, 2.75) is 52.2 Å². The van der Waals surface area contributed by atoms with E-state index < -0.39 is 0 Å². The van der Waals surface area contributed by atoms with Crippen molar-refractivity contribution in [1.29, 1.82) is 0 Å². The van der Waals surface area contributed by atoms with Crippen molar-refractivity contribution in [2.24, 2.45) is 0 Å². The minimum absolute atomic E-state index is 0.500. The Labute approximate surface area is 84.7 Å². The molecule has 0 spiro atoms. The first-order valence-electron chi connectivity index (χ1n) is 5.32. The highest BCUT2D eigenvalue weighted by Gasteiger charge is 2.27. The predicted molar refractivity (Wildman–Crippen MR) is 55.0 cm³/mol. The summed E-state index contributed by atoms with van der Waals surface area (Å²) < 4.78 is 2.27. The lowest BCUT2D eigenvalue weighted by Crippen LogP contribution is -2.24. The Bertz CT molecular complexity index is 312. The van der Waals surface area contributed by atoms with E-state index in [-0.39, 0.29) is 0 Å². The summed E-state index contributed by atoms with van der Waals surface area (Å²) >= 11 is 0. The van der Waals surface area contributed by atoms with Gasteiger partial charge in [-0.1, -0.05) is 13.8 Å². The van der Waals surface area contributed by atoms with Crippen LogP contribution >= 0.6 is 0 Å². The third-order valence-corrected chi connectivity index (χ3v) is 2.52. The van der Waals surface area contributed by atoms with Gasteiger partial charge in [-0.3, -0.25) is 0 Å². The van der Waals surface area contributed by atoms with Gasteiger partial charge in [0.2, 0.25) is 0 Å². The monoisotopic (exact) mass is 194 g/mol. The van der Waals surface area contributed by atoms with Crippen molar-refractivity contribution in [2.75, 3.05) is 0 Å². The lowest BCUT2D eigenvalue weighted by molar-refractivity contribution is 0.544. The third-order valence-electron chi connectivity index (χ3n) is 2.52. The van der Waals surface area contributed by atoms with Gasteiger partial charge < -0.3 is 9.88 Å². The number of hydrogen-bond donors (Lipinski definition) is 1. The van der Waals surface area contributed by atoms with Crippen LogP contribution in [0, 0.1) is 6.92 Å². The second-order valence-electron chi connectivity index (χ2n) is 4.30. The average molecular weight is 194 g/mol. The van der Waals surface area contributed by atoms with E-state index in [4.69, 9.17) is 0 Å². The molecular formula is C10H18N4. The maximum Gasteiger partial charge on any atom is 0.147 e. The molecule has 14 heavy (non-hydrogen) atoms. The summed E-state index contributed by atoms with van der Waals surface area (Å²) in [6, 6.07) is 1.17. The van der Waals surface area contributed by atoms with E-state index in [1.807, 2.05) is 6.92 Å². The van der Waals surface area contributed by atoms with E-state index in [2.05, 4.69) is 33.9 Å². The van der Waals surface area contributed by atoms with Gasteiger partial charge in [0.1, 0.15) is 11.6 Å². The molecule has 0 amide bonds. The second kappa shape index (κ2) is 3.69. The molecule has 1 aromatic heterocycles. The van der Waals surface area contributed by atoms with Crippen LogP contribution in [-0.2, 0) is 6.54 Å². The van der Waals surface area contributed by atoms with Gasteiger partial charge in [-0.15, -0.1) is 10.2 Å². The van der Waals surface area contributed by atoms with Gasteiger partial charge in [0.15, 0.2) is 0 Å². The summed E-state index contributed by atoms with van der Waals surface area (Å²) in [5.41, 5.74) is 0. The Kier molecular flexibility index (Phi) is 2.54. The molecule has 0 aliphatic heterocycles. The molecule has 1 heterocycles. The smallest absolute Gasteiger partial charge is 0.147 e. The Morgan fingerprint density at radius 2 is 2.14 bits per heavy atom. The quantitative estimate of drug-likeness (QED) is 0.788. The van der Waals surface area contributed by atoms with E-state index in [0.717, 1.165) is 18.2 Å². The fourth-order valence-corrected chi connectivity index (χ4v) is 1.64. The number of rotatable bonds is 4. The van der Waals surface area contributed by atoms with E-state index in [1.54, 1.807) is 0 Å². The molecule has 1 aliphatic rings. The van der Waals surface area contributed by atoms with Gasteiger partial charge in [-0.25, -0.2) is 0 Å². The number of nitrogens with zero attached hydrogens (tertiary/aromatic N) is 3. The molecule has 78 valence electrons. The van der Waals surface area contributed by atoms with Crippen LogP contribution in [0.5, 0.6) is 0 Å². The van der Waals surface area contributed by atoms with E-state index in [1.165, 1.54) is 12.8 Å². The molecule has 1 aromatic rings. The molecule has 1 saturated carbocycles. The van der Waals surface area contributed by atoms with Gasteiger partial charge in [-0.05, 0) is 19.8 Å². The summed E-state index contributed by atoms with van der Waals surface area (Å²) in [5, 5.41) is 11.7. The Balaban J connectivity index is 2.08. The maximum absolute atomic E-state index is 4.20. The van der Waals surface area contributed by atoms with Crippen molar-refractivity contribution < 1.29 is 0 Å². The fourth-order valence-electron chi connectivity index (χ4n) is 1.64. The Morgan fingerprint density at radius 3 is 2.71 bits per heavy atom. The van der Waals surface area contributed by atoms with Crippen molar-refractivity contribution in [3.63, 3.8) is 0 Å². The second-order valence-corrected chi connectivity index (χ2v) is 4.30.